The summed E-state index contributed by atoms with van der Waals surface area (Å²) in [4.78, 5) is 24.2. The fourth-order valence-electron chi connectivity index (χ4n) is 2.94. The van der Waals surface area contributed by atoms with Crippen molar-refractivity contribution in [2.45, 2.75) is 32.2 Å². The van der Waals surface area contributed by atoms with Gasteiger partial charge in [0.1, 0.15) is 0 Å². The number of aliphatic carboxylic acids is 1. The van der Waals surface area contributed by atoms with Crippen LogP contribution in [-0.2, 0) is 9.59 Å². The van der Waals surface area contributed by atoms with E-state index < -0.39 is 5.97 Å². The third-order valence-electron chi connectivity index (χ3n) is 3.75. The highest BCUT2D eigenvalue weighted by Gasteiger charge is 2.33. The van der Waals surface area contributed by atoms with Crippen molar-refractivity contribution in [2.24, 2.45) is 5.92 Å². The molecule has 0 aromatic heterocycles. The van der Waals surface area contributed by atoms with E-state index in [-0.39, 0.29) is 5.91 Å². The number of likely N-dealkylation sites (tertiary alicyclic amines) is 1. The van der Waals surface area contributed by atoms with Gasteiger partial charge in [-0.2, -0.15) is 0 Å². The van der Waals surface area contributed by atoms with Crippen LogP contribution in [0.5, 0.6) is 0 Å². The Morgan fingerprint density at radius 1 is 1.56 bits per heavy atom. The molecule has 0 saturated carbocycles. The van der Waals surface area contributed by atoms with Crippen molar-refractivity contribution in [2.75, 3.05) is 19.6 Å². The monoisotopic (exact) mass is 252 g/mol. The highest BCUT2D eigenvalue weighted by atomic mass is 16.4. The van der Waals surface area contributed by atoms with Gasteiger partial charge in [0.2, 0.25) is 5.91 Å². The molecule has 2 aliphatic heterocycles. The summed E-state index contributed by atoms with van der Waals surface area (Å²) in [6, 6.07) is 0.325. The van der Waals surface area contributed by atoms with Crippen molar-refractivity contribution < 1.29 is 14.7 Å². The smallest absolute Gasteiger partial charge is 0.328 e. The lowest BCUT2D eigenvalue weighted by Crippen LogP contribution is -2.54. The number of nitrogens with one attached hydrogen (secondary N) is 1. The number of carboxylic acid groups (broad SMARTS) is 1. The van der Waals surface area contributed by atoms with Crippen LogP contribution in [0.15, 0.2) is 11.6 Å². The Labute approximate surface area is 107 Å². The van der Waals surface area contributed by atoms with Gasteiger partial charge in [0.05, 0.1) is 0 Å². The Morgan fingerprint density at radius 3 is 3.06 bits per heavy atom. The van der Waals surface area contributed by atoms with E-state index in [0.29, 0.717) is 24.9 Å². The van der Waals surface area contributed by atoms with E-state index >= 15 is 0 Å². The van der Waals surface area contributed by atoms with Crippen LogP contribution in [0.2, 0.25) is 0 Å². The van der Waals surface area contributed by atoms with Crippen molar-refractivity contribution in [1.82, 2.24) is 10.2 Å². The number of fused-ring (bicyclic) bond motifs is 1. The van der Waals surface area contributed by atoms with Crippen molar-refractivity contribution >= 4 is 11.9 Å². The molecule has 0 aromatic carbocycles. The normalized spacial score (nSPS) is 29.6. The fourth-order valence-corrected chi connectivity index (χ4v) is 2.94. The maximum atomic E-state index is 11.3. The molecule has 100 valence electrons. The molecule has 2 unspecified atom stereocenters. The average molecular weight is 252 g/mol. The number of hydrogen-bond acceptors (Lipinski definition) is 3. The molecule has 0 spiro atoms. The molecule has 2 heterocycles. The molecular weight excluding hydrogens is 232 g/mol. The van der Waals surface area contributed by atoms with Crippen molar-refractivity contribution in [3.05, 3.63) is 11.6 Å². The summed E-state index contributed by atoms with van der Waals surface area (Å²) in [5.74, 6) is -0.187. The van der Waals surface area contributed by atoms with E-state index in [1.807, 2.05) is 6.92 Å². The molecule has 18 heavy (non-hydrogen) atoms. The van der Waals surface area contributed by atoms with E-state index in [1.54, 1.807) is 0 Å². The Kier molecular flexibility index (Phi) is 4.01. The summed E-state index contributed by atoms with van der Waals surface area (Å²) in [6.07, 6.45) is 3.82. The Balaban J connectivity index is 1.87. The lowest BCUT2D eigenvalue weighted by Gasteiger charge is -2.41. The molecule has 5 heteroatoms. The molecule has 2 aliphatic rings. The van der Waals surface area contributed by atoms with Crippen LogP contribution in [0.1, 0.15) is 26.2 Å². The molecule has 0 bridgehead atoms. The Bertz CT molecular complexity index is 378. The van der Waals surface area contributed by atoms with E-state index in [0.717, 1.165) is 31.5 Å². The molecule has 2 atom stereocenters. The van der Waals surface area contributed by atoms with Gasteiger partial charge < -0.3 is 10.4 Å². The van der Waals surface area contributed by atoms with Gasteiger partial charge in [0.25, 0.3) is 0 Å². The Hall–Kier alpha value is -1.36. The van der Waals surface area contributed by atoms with Crippen LogP contribution < -0.4 is 5.32 Å². The van der Waals surface area contributed by atoms with E-state index in [9.17, 15) is 9.59 Å². The van der Waals surface area contributed by atoms with E-state index in [4.69, 9.17) is 5.11 Å². The van der Waals surface area contributed by atoms with Gasteiger partial charge in [0, 0.05) is 38.2 Å². The van der Waals surface area contributed by atoms with Crippen LogP contribution in [-0.4, -0.2) is 47.6 Å². The molecule has 5 nitrogen and oxygen atoms in total. The minimum absolute atomic E-state index is 0.173. The lowest BCUT2D eigenvalue weighted by atomic mass is 9.85. The number of hydrogen-bond donors (Lipinski definition) is 2. The standard InChI is InChI=1S/C13H20N2O3/c1-9(6-13(17)18)7-15-5-4-11-10(8-15)2-3-12(16)14-11/h6,10-11H,2-5,7-8H2,1H3,(H,14,16)(H,17,18). The maximum absolute atomic E-state index is 11.3. The first-order valence-corrected chi connectivity index (χ1v) is 6.46. The predicted molar refractivity (Wildman–Crippen MR) is 67.1 cm³/mol. The number of amides is 1. The van der Waals surface area contributed by atoms with Crippen LogP contribution in [0.25, 0.3) is 0 Å². The molecule has 0 radical (unpaired) electrons. The summed E-state index contributed by atoms with van der Waals surface area (Å²) >= 11 is 0. The Morgan fingerprint density at radius 2 is 2.33 bits per heavy atom. The highest BCUT2D eigenvalue weighted by Crippen LogP contribution is 2.25. The second-order valence-corrected chi connectivity index (χ2v) is 5.33. The molecule has 2 rings (SSSR count). The molecule has 2 saturated heterocycles. The van der Waals surface area contributed by atoms with Crippen molar-refractivity contribution in [3.63, 3.8) is 0 Å². The van der Waals surface area contributed by atoms with Gasteiger partial charge in [-0.05, 0) is 25.7 Å². The second kappa shape index (κ2) is 5.52. The highest BCUT2D eigenvalue weighted by molar-refractivity contribution is 5.80. The van der Waals surface area contributed by atoms with Crippen molar-refractivity contribution in [1.29, 1.82) is 0 Å². The third kappa shape index (κ3) is 3.32. The minimum Gasteiger partial charge on any atom is -0.478 e. The van der Waals surface area contributed by atoms with Gasteiger partial charge in [0.15, 0.2) is 0 Å². The second-order valence-electron chi connectivity index (χ2n) is 5.33. The minimum atomic E-state index is -0.882. The van der Waals surface area contributed by atoms with E-state index in [1.165, 1.54) is 6.08 Å². The van der Waals surface area contributed by atoms with Gasteiger partial charge in [-0.25, -0.2) is 4.79 Å². The number of carbonyl (C=O) groups excluding carboxylic acids is 1. The van der Waals surface area contributed by atoms with Crippen LogP contribution in [0.3, 0.4) is 0 Å². The first kappa shape index (κ1) is 13.1. The first-order chi connectivity index (χ1) is 8.54. The first-order valence-electron chi connectivity index (χ1n) is 6.46. The van der Waals surface area contributed by atoms with Gasteiger partial charge in [-0.1, -0.05) is 5.57 Å². The summed E-state index contributed by atoms with van der Waals surface area (Å²) < 4.78 is 0. The van der Waals surface area contributed by atoms with Gasteiger partial charge >= 0.3 is 5.97 Å². The van der Waals surface area contributed by atoms with E-state index in [2.05, 4.69) is 10.2 Å². The van der Waals surface area contributed by atoms with Crippen LogP contribution >= 0.6 is 0 Å². The summed E-state index contributed by atoms with van der Waals surface area (Å²) in [6.45, 7) is 4.44. The topological polar surface area (TPSA) is 69.6 Å². The third-order valence-corrected chi connectivity index (χ3v) is 3.75. The van der Waals surface area contributed by atoms with Crippen molar-refractivity contribution in [3.8, 4) is 0 Å². The number of carbonyl (C=O) groups is 2. The molecule has 1 amide bonds. The fraction of sp³-hybridized carbons (Fsp3) is 0.692. The zero-order valence-corrected chi connectivity index (χ0v) is 10.7. The quantitative estimate of drug-likeness (QED) is 0.722. The van der Waals surface area contributed by atoms with Crippen LogP contribution in [0, 0.1) is 5.92 Å². The van der Waals surface area contributed by atoms with Crippen LogP contribution in [0.4, 0.5) is 0 Å². The predicted octanol–water partition coefficient (Wildman–Crippen LogP) is 0.618. The number of rotatable bonds is 3. The largest absolute Gasteiger partial charge is 0.478 e. The zero-order chi connectivity index (χ0) is 13.1. The number of carboxylic acids is 1. The average Bonchev–Trinajstić information content (AvgIpc) is 2.28. The number of piperidine rings is 2. The summed E-state index contributed by atoms with van der Waals surface area (Å²) in [7, 11) is 0. The summed E-state index contributed by atoms with van der Waals surface area (Å²) in [5, 5.41) is 11.7. The molecular formula is C13H20N2O3. The van der Waals surface area contributed by atoms with Gasteiger partial charge in [-0.15, -0.1) is 0 Å². The number of nitrogens with zero attached hydrogens (tertiary/aromatic N) is 1. The molecule has 0 aliphatic carbocycles. The summed E-state index contributed by atoms with van der Waals surface area (Å²) in [5.41, 5.74) is 0.876. The molecule has 2 fully saturated rings. The van der Waals surface area contributed by atoms with Gasteiger partial charge in [-0.3, -0.25) is 9.69 Å². The molecule has 2 N–H and O–H groups in total. The SMILES string of the molecule is CC(=CC(=O)O)CN1CCC2NC(=O)CCC2C1. The lowest BCUT2D eigenvalue weighted by molar-refractivity contribution is -0.131. The zero-order valence-electron chi connectivity index (χ0n) is 10.7. The maximum Gasteiger partial charge on any atom is 0.328 e. The molecule has 0 aromatic rings.